The molecule has 38 heavy (non-hydrogen) atoms. The van der Waals surface area contributed by atoms with Crippen LogP contribution in [0.3, 0.4) is 0 Å². The van der Waals surface area contributed by atoms with Gasteiger partial charge in [-0.3, -0.25) is 0 Å². The van der Waals surface area contributed by atoms with Crippen LogP contribution < -0.4 is 13.1 Å². The van der Waals surface area contributed by atoms with Crippen LogP contribution in [0.5, 0.6) is 0 Å². The summed E-state index contributed by atoms with van der Waals surface area (Å²) in [7, 11) is 0. The van der Waals surface area contributed by atoms with Gasteiger partial charge in [-0.15, -0.1) is 0 Å². The van der Waals surface area contributed by atoms with E-state index in [0.717, 1.165) is 0 Å². The number of benzene rings is 4. The summed E-state index contributed by atoms with van der Waals surface area (Å²) >= 11 is -1.62. The fourth-order valence-electron chi connectivity index (χ4n) is 5.62. The van der Waals surface area contributed by atoms with Crippen molar-refractivity contribution < 1.29 is 0 Å². The fourth-order valence-corrected chi connectivity index (χ4v) is 14.8. The van der Waals surface area contributed by atoms with Gasteiger partial charge in [-0.2, -0.15) is 0 Å². The maximum absolute atomic E-state index is 2.34. The Morgan fingerprint density at radius 3 is 0.526 bits per heavy atom. The summed E-state index contributed by atoms with van der Waals surface area (Å²) in [4.78, 5) is 0. The van der Waals surface area contributed by atoms with Crippen molar-refractivity contribution in [2.24, 2.45) is 0 Å². The minimum atomic E-state index is -0.812. The predicted molar refractivity (Wildman–Crippen MR) is 173 cm³/mol. The van der Waals surface area contributed by atoms with E-state index in [0.29, 0.717) is 0 Å². The van der Waals surface area contributed by atoms with Crippen molar-refractivity contribution in [1.29, 1.82) is 0 Å². The molecule has 2 heteroatoms. The molecule has 2 radical (unpaired) electrons. The van der Waals surface area contributed by atoms with Gasteiger partial charge in [0.15, 0.2) is 0 Å². The van der Waals surface area contributed by atoms with Gasteiger partial charge in [-0.05, 0) is 0 Å². The van der Waals surface area contributed by atoms with Gasteiger partial charge in [0.05, 0.1) is 0 Å². The molecule has 0 aliphatic rings. The molecule has 0 aliphatic carbocycles. The van der Waals surface area contributed by atoms with Crippen LogP contribution in [-0.2, 0) is 0 Å². The van der Waals surface area contributed by atoms with Crippen molar-refractivity contribution in [1.82, 2.24) is 0 Å². The average molecular weight is 895 g/mol. The Kier molecular flexibility index (Phi) is 10.9. The van der Waals surface area contributed by atoms with Crippen LogP contribution in [0.1, 0.15) is 66.8 Å². The monoisotopic (exact) mass is 894 g/mol. The summed E-state index contributed by atoms with van der Waals surface area (Å²) in [5, 5.41) is 0. The molecular weight excluding hydrogens is 850 g/mol. The van der Waals surface area contributed by atoms with Crippen LogP contribution >= 0.6 is 0 Å². The number of rotatable bonds is 4. The van der Waals surface area contributed by atoms with Gasteiger partial charge in [-0.1, -0.05) is 0 Å². The first-order chi connectivity index (χ1) is 17.8. The third-order valence-electron chi connectivity index (χ3n) is 6.99. The number of hydrogen-bond donors (Lipinski definition) is 0. The third kappa shape index (κ3) is 7.86. The van der Waals surface area contributed by atoms with E-state index in [1.165, 1.54) is 66.8 Å². The second-order valence-electron chi connectivity index (χ2n) is 11.2. The summed E-state index contributed by atoms with van der Waals surface area (Å²) in [6, 6.07) is 18.7. The van der Waals surface area contributed by atoms with Gasteiger partial charge in [0.1, 0.15) is 0 Å². The zero-order valence-electron chi connectivity index (χ0n) is 25.5. The number of hydrogen-bond acceptors (Lipinski definition) is 0. The molecule has 0 bridgehead atoms. The predicted octanol–water partition coefficient (Wildman–Crippen LogP) is 6.38. The molecule has 198 valence electrons. The summed E-state index contributed by atoms with van der Waals surface area (Å²) in [6.45, 7) is 27.0. The molecule has 0 aromatic heterocycles. The quantitative estimate of drug-likeness (QED) is 0.209. The Hall–Kier alpha value is -1.35. The van der Waals surface area contributed by atoms with E-state index >= 15 is 0 Å². The molecule has 4 aromatic rings. The topological polar surface area (TPSA) is 0 Å². The van der Waals surface area contributed by atoms with Crippen LogP contribution in [0.15, 0.2) is 48.5 Å². The Morgan fingerprint density at radius 2 is 0.395 bits per heavy atom. The molecule has 0 spiro atoms. The summed E-state index contributed by atoms with van der Waals surface area (Å²) in [5.41, 5.74) is 17.5. The zero-order valence-corrected chi connectivity index (χ0v) is 32.5. The van der Waals surface area contributed by atoms with E-state index < -0.39 is 46.5 Å². The summed E-state index contributed by atoms with van der Waals surface area (Å²) in [5.74, 6) is 0. The van der Waals surface area contributed by atoms with E-state index in [9.17, 15) is 0 Å². The second kappa shape index (κ2) is 13.3. The van der Waals surface area contributed by atoms with Crippen molar-refractivity contribution in [3.8, 4) is 0 Å². The van der Waals surface area contributed by atoms with Crippen LogP contribution in [0.4, 0.5) is 0 Å². The van der Waals surface area contributed by atoms with Crippen molar-refractivity contribution in [3.63, 3.8) is 0 Å². The molecule has 0 unspecified atom stereocenters. The van der Waals surface area contributed by atoms with Crippen LogP contribution in [0.2, 0.25) is 0 Å². The molecule has 0 heterocycles. The molecule has 4 aromatic carbocycles. The van der Waals surface area contributed by atoms with Crippen LogP contribution in [0, 0.1) is 83.1 Å². The van der Waals surface area contributed by atoms with Crippen molar-refractivity contribution in [2.45, 2.75) is 83.1 Å². The van der Waals surface area contributed by atoms with Gasteiger partial charge in [0.2, 0.25) is 0 Å². The third-order valence-corrected chi connectivity index (χ3v) is 21.4. The average Bonchev–Trinajstić information content (AvgIpc) is 2.76. The van der Waals surface area contributed by atoms with Crippen LogP contribution in [-0.4, -0.2) is 46.5 Å². The van der Waals surface area contributed by atoms with E-state index in [-0.39, 0.29) is 0 Å². The summed E-state index contributed by atoms with van der Waals surface area (Å²) in [6.07, 6.45) is 0. The van der Waals surface area contributed by atoms with Gasteiger partial charge in [0.25, 0.3) is 0 Å². The van der Waals surface area contributed by atoms with Crippen LogP contribution in [0.25, 0.3) is 0 Å². The van der Waals surface area contributed by atoms with E-state index in [1.54, 1.807) is 13.1 Å². The number of aryl methyl sites for hydroxylation is 12. The Bertz CT molecular complexity index is 1160. The van der Waals surface area contributed by atoms with Gasteiger partial charge in [0, 0.05) is 0 Å². The van der Waals surface area contributed by atoms with E-state index in [1.807, 2.05) is 0 Å². The van der Waals surface area contributed by atoms with Gasteiger partial charge < -0.3 is 0 Å². The fraction of sp³-hybridized carbons (Fsp3) is 0.333. The molecule has 0 saturated heterocycles. The van der Waals surface area contributed by atoms with Gasteiger partial charge >= 0.3 is 258 Å². The van der Waals surface area contributed by atoms with Gasteiger partial charge in [-0.25, -0.2) is 0 Å². The molecule has 0 aliphatic heterocycles. The first-order valence-corrected chi connectivity index (χ1v) is 20.5. The first-order valence-electron chi connectivity index (χ1n) is 13.5. The van der Waals surface area contributed by atoms with E-state index in [4.69, 9.17) is 0 Å². The van der Waals surface area contributed by atoms with E-state index in [2.05, 4.69) is 132 Å². The minimum absolute atomic E-state index is 0.812. The van der Waals surface area contributed by atoms with Crippen molar-refractivity contribution in [2.75, 3.05) is 0 Å². The van der Waals surface area contributed by atoms with Crippen molar-refractivity contribution in [3.05, 3.63) is 115 Å². The SMILES string of the molecule is Cc1cc(C)[c]([Bi][c]2c(C)cc(C)cc2C)c(C)c1.Cc1cc(C)[c]([Bi][c]2c(C)cc(C)cc2C)c(C)c1. The molecule has 0 fully saturated rings. The molecule has 0 atom stereocenters. The molecule has 0 amide bonds. The Labute approximate surface area is 255 Å². The van der Waals surface area contributed by atoms with Crippen molar-refractivity contribution >= 4 is 59.6 Å². The normalized spacial score (nSPS) is 10.8. The summed E-state index contributed by atoms with van der Waals surface area (Å²) < 4.78 is 6.67. The molecule has 0 saturated carbocycles. The Morgan fingerprint density at radius 1 is 0.263 bits per heavy atom. The molecule has 0 N–H and O–H groups in total. The first kappa shape index (κ1) is 31.2. The zero-order chi connectivity index (χ0) is 28.3. The Balaban J connectivity index is 0.000000211. The molecular formula is C36H44Bi2. The maximum atomic E-state index is 2.34. The molecule has 0 nitrogen and oxygen atoms in total. The standard InChI is InChI=1S/4C9H11.2Bi/c4*1-7-4-8(2)6-9(3)5-7;;/h4*4-5H,1-3H3;;. The molecule has 4 rings (SSSR count). The second-order valence-corrected chi connectivity index (χ2v) is 19.9.